The highest BCUT2D eigenvalue weighted by atomic mass is 79.9. The number of ether oxygens (including phenoxy) is 3. The van der Waals surface area contributed by atoms with E-state index in [0.717, 1.165) is 57.7 Å². The van der Waals surface area contributed by atoms with Gasteiger partial charge in [0, 0.05) is 49.5 Å². The number of halogens is 9. The summed E-state index contributed by atoms with van der Waals surface area (Å²) < 4.78 is 93.6. The normalized spacial score (nSPS) is 11.6. The van der Waals surface area contributed by atoms with Crippen LogP contribution in [0.5, 0.6) is 17.2 Å². The third kappa shape index (κ3) is 21.2. The molecule has 24 heteroatoms. The van der Waals surface area contributed by atoms with Crippen molar-refractivity contribution in [1.29, 1.82) is 0 Å². The van der Waals surface area contributed by atoms with Gasteiger partial charge in [-0.2, -0.15) is 31.3 Å². The third-order valence-electron chi connectivity index (χ3n) is 10.8. The molecule has 420 valence electrons. The zero-order valence-corrected chi connectivity index (χ0v) is 46.9. The predicted octanol–water partition coefficient (Wildman–Crippen LogP) is 12.9. The molecule has 79 heavy (non-hydrogen) atoms. The first-order valence-electron chi connectivity index (χ1n) is 24.1. The van der Waals surface area contributed by atoms with Crippen molar-refractivity contribution in [3.05, 3.63) is 176 Å². The van der Waals surface area contributed by atoms with Gasteiger partial charge in [0.05, 0.1) is 52.9 Å². The van der Waals surface area contributed by atoms with Crippen molar-refractivity contribution in [2.45, 2.75) is 77.8 Å². The van der Waals surface area contributed by atoms with Crippen LogP contribution in [0.25, 0.3) is 0 Å². The smallest absolute Gasteiger partial charge is 0.433 e. The topological polar surface area (TPSA) is 182 Å². The highest BCUT2D eigenvalue weighted by molar-refractivity contribution is 9.10. The number of aromatic nitrogens is 6. The van der Waals surface area contributed by atoms with E-state index in [1.807, 2.05) is 79.4 Å². The molecule has 7 rings (SSSR count). The summed E-state index contributed by atoms with van der Waals surface area (Å²) in [4.78, 5) is 43.4. The Hall–Kier alpha value is -7.14. The number of alkyl halides is 6. The van der Waals surface area contributed by atoms with Gasteiger partial charge in [0.15, 0.2) is 11.5 Å². The number of para-hydroxylation sites is 1. The molecule has 0 fully saturated rings. The second-order valence-corrected chi connectivity index (χ2v) is 19.6. The van der Waals surface area contributed by atoms with Gasteiger partial charge in [-0.05, 0) is 122 Å². The summed E-state index contributed by atoms with van der Waals surface area (Å²) >= 11 is 15.2. The SMILES string of the molecule is CC(C)(COc1ccccc1C(F)(F)F)Nc1nccc(C(F)(F)F)n1.COc1ccc(CCCC(=Nc2nc(C)cc(C)n2)NC(=O)Cc2ccccc2)cc1OC.OCCN(Cc1ccc(Cl)c(Cl)c1)c1ncc(Br)cn1. The number of carbonyl (C=O) groups excluding carboxylic acids is 1. The predicted molar refractivity (Wildman–Crippen MR) is 295 cm³/mol. The zero-order valence-electron chi connectivity index (χ0n) is 43.8. The van der Waals surface area contributed by atoms with Gasteiger partial charge in [0.1, 0.15) is 23.9 Å². The number of hydrogen-bond acceptors (Lipinski definition) is 14. The van der Waals surface area contributed by atoms with Gasteiger partial charge in [-0.15, -0.1) is 0 Å². The number of aliphatic hydroxyl groups is 1. The van der Waals surface area contributed by atoms with Crippen LogP contribution in [-0.4, -0.2) is 86.3 Å². The van der Waals surface area contributed by atoms with Gasteiger partial charge in [0.2, 0.25) is 17.8 Å². The van der Waals surface area contributed by atoms with E-state index in [-0.39, 0.29) is 37.2 Å². The summed E-state index contributed by atoms with van der Waals surface area (Å²) in [7, 11) is 3.24. The lowest BCUT2D eigenvalue weighted by atomic mass is 10.1. The summed E-state index contributed by atoms with van der Waals surface area (Å²) in [6.45, 7) is 7.60. The summed E-state index contributed by atoms with van der Waals surface area (Å²) in [5.74, 6) is 2.06. The van der Waals surface area contributed by atoms with Crippen molar-refractivity contribution in [3.8, 4) is 17.2 Å². The third-order valence-corrected chi connectivity index (χ3v) is 12.0. The van der Waals surface area contributed by atoms with Crippen LogP contribution in [-0.2, 0) is 36.5 Å². The molecule has 7 aromatic rings. The number of amidine groups is 1. The second kappa shape index (κ2) is 29.7. The molecule has 4 aromatic carbocycles. The fourth-order valence-corrected chi connectivity index (χ4v) is 7.73. The first-order chi connectivity index (χ1) is 37.4. The summed E-state index contributed by atoms with van der Waals surface area (Å²) in [5.41, 5.74) is 1.60. The van der Waals surface area contributed by atoms with Crippen molar-refractivity contribution >= 4 is 68.7 Å². The first kappa shape index (κ1) is 62.7. The molecule has 0 atom stereocenters. The molecule has 0 radical (unpaired) electrons. The fraction of sp³-hybridized carbons (Fsp3) is 0.309. The van der Waals surface area contributed by atoms with Crippen LogP contribution in [0.1, 0.15) is 66.0 Å². The molecule has 0 saturated carbocycles. The highest BCUT2D eigenvalue weighted by Crippen LogP contribution is 2.36. The standard InChI is InChI=1S/C26H30N4O3.C16H15F6N3O.C13H12BrCl2N3O/c1-18-15-19(2)28-26(27-18)30-24(29-25(31)17-20-9-6-5-7-10-20)12-8-11-21-13-14-22(32-3)23(16-21)33-4;1-14(2,25-13-23-8-7-12(24-13)16(20,21)22)9-26-11-6-4-3-5-10(11)15(17,18)19;14-10-6-17-13(18-7-10)19(3-4-20)8-9-1-2-11(15)12(16)5-9/h5-7,9-10,13-16H,8,11-12,17H2,1-4H3,(H,27,28,29,30,31);3-8H,9H2,1-2H3,(H,23,24,25);1-2,5-7,20H,3-4,8H2. The molecule has 0 spiro atoms. The number of nitrogens with zero attached hydrogens (tertiary/aromatic N) is 8. The summed E-state index contributed by atoms with van der Waals surface area (Å²) in [6, 6.07) is 28.2. The Kier molecular flexibility index (Phi) is 23.6. The van der Waals surface area contributed by atoms with Crippen molar-refractivity contribution in [3.63, 3.8) is 0 Å². The number of methoxy groups -OCH3 is 2. The van der Waals surface area contributed by atoms with Crippen molar-refractivity contribution in [2.75, 3.05) is 44.2 Å². The second-order valence-electron chi connectivity index (χ2n) is 17.9. The number of nitrogens with one attached hydrogen (secondary N) is 2. The number of hydrogen-bond donors (Lipinski definition) is 3. The van der Waals surface area contributed by atoms with E-state index in [1.54, 1.807) is 38.7 Å². The zero-order chi connectivity index (χ0) is 57.8. The monoisotopic (exact) mass is 1200 g/mol. The van der Waals surface area contributed by atoms with Gasteiger partial charge in [0.25, 0.3) is 5.95 Å². The molecule has 3 aromatic heterocycles. The maximum Gasteiger partial charge on any atom is 0.433 e. The van der Waals surface area contributed by atoms with Crippen LogP contribution in [0, 0.1) is 13.8 Å². The van der Waals surface area contributed by atoms with Gasteiger partial charge in [-0.25, -0.2) is 29.9 Å². The van der Waals surface area contributed by atoms with E-state index < -0.39 is 29.1 Å². The largest absolute Gasteiger partial charge is 0.493 e. The minimum Gasteiger partial charge on any atom is -0.493 e. The van der Waals surface area contributed by atoms with Crippen LogP contribution in [0.2, 0.25) is 10.0 Å². The van der Waals surface area contributed by atoms with Crippen molar-refractivity contribution in [2.24, 2.45) is 4.99 Å². The lowest BCUT2D eigenvalue weighted by Crippen LogP contribution is -2.38. The Morgan fingerprint density at radius 3 is 2.04 bits per heavy atom. The van der Waals surface area contributed by atoms with E-state index >= 15 is 0 Å². The Balaban J connectivity index is 0.000000225. The number of rotatable bonds is 19. The quantitative estimate of drug-likeness (QED) is 0.0396. The number of aryl methyl sites for hydroxylation is 3. The van der Waals surface area contributed by atoms with E-state index in [4.69, 9.17) is 37.4 Å². The highest BCUT2D eigenvalue weighted by Gasteiger charge is 2.35. The summed E-state index contributed by atoms with van der Waals surface area (Å²) in [5, 5.41) is 15.8. The number of benzene rings is 4. The van der Waals surface area contributed by atoms with Crippen molar-refractivity contribution in [1.82, 2.24) is 35.2 Å². The molecule has 0 aliphatic carbocycles. The number of aliphatic hydroxyl groups excluding tert-OH is 1. The Morgan fingerprint density at radius 1 is 0.747 bits per heavy atom. The molecule has 0 bridgehead atoms. The average Bonchev–Trinajstić information content (AvgIpc) is 3.40. The number of carbonyl (C=O) groups is 1. The fourth-order valence-electron chi connectivity index (χ4n) is 7.20. The van der Waals surface area contributed by atoms with Crippen molar-refractivity contribution < 1.29 is 50.5 Å². The maximum absolute atomic E-state index is 12.9. The van der Waals surface area contributed by atoms with E-state index in [2.05, 4.69) is 61.5 Å². The van der Waals surface area contributed by atoms with E-state index in [9.17, 15) is 36.2 Å². The van der Waals surface area contributed by atoms with Crippen LogP contribution in [0.4, 0.5) is 44.2 Å². The van der Waals surface area contributed by atoms with Crippen LogP contribution in [0.15, 0.2) is 131 Å². The molecule has 0 aliphatic heterocycles. The molecular formula is C55H57BrCl2F6N10O5. The Labute approximate surface area is 472 Å². The van der Waals surface area contributed by atoms with Gasteiger partial charge >= 0.3 is 12.4 Å². The molecule has 3 heterocycles. The van der Waals surface area contributed by atoms with Crippen LogP contribution in [0.3, 0.4) is 0 Å². The number of amides is 1. The maximum atomic E-state index is 12.9. The van der Waals surface area contributed by atoms with E-state index in [0.29, 0.717) is 64.9 Å². The lowest BCUT2D eigenvalue weighted by Gasteiger charge is -2.27. The lowest BCUT2D eigenvalue weighted by molar-refractivity contribution is -0.141. The Morgan fingerprint density at radius 2 is 1.41 bits per heavy atom. The molecule has 0 saturated heterocycles. The summed E-state index contributed by atoms with van der Waals surface area (Å²) in [6.07, 6.45) is -2.51. The molecule has 0 aliphatic rings. The van der Waals surface area contributed by atoms with Crippen LogP contribution < -0.4 is 29.7 Å². The molecule has 15 nitrogen and oxygen atoms in total. The molecule has 0 unspecified atom stereocenters. The Bertz CT molecular complexity index is 3090. The van der Waals surface area contributed by atoms with Crippen LogP contribution >= 0.6 is 39.1 Å². The molecule has 1 amide bonds. The molecular weight excluding hydrogens is 1150 g/mol. The molecule has 3 N–H and O–H groups in total. The van der Waals surface area contributed by atoms with Gasteiger partial charge in [-0.1, -0.05) is 77.8 Å². The van der Waals surface area contributed by atoms with Gasteiger partial charge in [-0.3, -0.25) is 4.79 Å². The van der Waals surface area contributed by atoms with Gasteiger partial charge < -0.3 is 34.9 Å². The minimum atomic E-state index is -4.63. The number of anilines is 2. The average molecular weight is 1200 g/mol. The minimum absolute atomic E-state index is 0.0146. The number of aliphatic imine (C=N–C) groups is 1. The van der Waals surface area contributed by atoms with E-state index in [1.165, 1.54) is 32.0 Å². The first-order valence-corrected chi connectivity index (χ1v) is 25.7.